The molecule has 0 radical (unpaired) electrons. The van der Waals surface area contributed by atoms with Crippen LogP contribution in [-0.4, -0.2) is 29.2 Å². The Morgan fingerprint density at radius 1 is 1.15 bits per heavy atom. The van der Waals surface area contributed by atoms with Crippen LogP contribution in [0.2, 0.25) is 0 Å². The molecule has 1 aliphatic carbocycles. The highest BCUT2D eigenvalue weighted by Crippen LogP contribution is 2.31. The van der Waals surface area contributed by atoms with Crippen molar-refractivity contribution in [2.45, 2.75) is 51.5 Å². The smallest absolute Gasteiger partial charge is 0.276 e. The van der Waals surface area contributed by atoms with Crippen molar-refractivity contribution in [2.24, 2.45) is 0 Å². The Kier molecular flexibility index (Phi) is 4.56. The van der Waals surface area contributed by atoms with Crippen LogP contribution in [0.25, 0.3) is 0 Å². The first-order valence-electron chi connectivity index (χ1n) is 8.65. The van der Waals surface area contributed by atoms with Crippen molar-refractivity contribution in [3.05, 3.63) is 65.1 Å². The summed E-state index contributed by atoms with van der Waals surface area (Å²) in [6, 6.07) is 5.47. The van der Waals surface area contributed by atoms with Crippen LogP contribution >= 0.6 is 0 Å². The molecule has 1 fully saturated rings. The van der Waals surface area contributed by atoms with E-state index in [1.807, 2.05) is 19.1 Å². The summed E-state index contributed by atoms with van der Waals surface area (Å²) in [5.41, 5.74) is 3.17. The highest BCUT2D eigenvalue weighted by molar-refractivity contribution is 7.90. The zero-order chi connectivity index (χ0) is 19.2. The Hall–Kier alpha value is -2.34. The number of carbonyl (C=O) groups is 1. The van der Waals surface area contributed by atoms with E-state index in [9.17, 15) is 13.2 Å². The zero-order valence-electron chi connectivity index (χ0n) is 15.6. The van der Waals surface area contributed by atoms with Crippen LogP contribution in [0, 0.1) is 27.7 Å². The van der Waals surface area contributed by atoms with Crippen LogP contribution < -0.4 is 0 Å². The minimum Gasteiger partial charge on any atom is -0.311 e. The molecule has 1 aromatic carbocycles. The van der Waals surface area contributed by atoms with Crippen molar-refractivity contribution in [2.75, 3.05) is 0 Å². The lowest BCUT2D eigenvalue weighted by Crippen LogP contribution is -2.31. The number of amides is 1. The topological polar surface area (TPSA) is 59.4 Å². The first-order chi connectivity index (χ1) is 12.2. The molecule has 3 rings (SSSR count). The van der Waals surface area contributed by atoms with Crippen molar-refractivity contribution in [3.63, 3.8) is 0 Å². The molecule has 0 bridgehead atoms. The van der Waals surface area contributed by atoms with Crippen molar-refractivity contribution in [1.29, 1.82) is 0 Å². The van der Waals surface area contributed by atoms with Gasteiger partial charge in [0.2, 0.25) is 0 Å². The third-order valence-electron chi connectivity index (χ3n) is 4.75. The van der Waals surface area contributed by atoms with Gasteiger partial charge in [0.05, 0.1) is 4.90 Å². The van der Waals surface area contributed by atoms with E-state index in [1.54, 1.807) is 31.7 Å². The summed E-state index contributed by atoms with van der Waals surface area (Å²) in [5.74, 6) is -0.323. The van der Waals surface area contributed by atoms with E-state index in [0.29, 0.717) is 16.7 Å². The second kappa shape index (κ2) is 6.43. The van der Waals surface area contributed by atoms with E-state index in [4.69, 9.17) is 0 Å². The fourth-order valence-electron chi connectivity index (χ4n) is 3.51. The quantitative estimate of drug-likeness (QED) is 0.804. The summed E-state index contributed by atoms with van der Waals surface area (Å²) in [6.45, 7) is 11.0. The summed E-state index contributed by atoms with van der Waals surface area (Å²) in [4.78, 5) is 14.8. The molecule has 1 amide bonds. The molecule has 0 aliphatic heterocycles. The summed E-state index contributed by atoms with van der Waals surface area (Å²) in [7, 11) is -3.88. The largest absolute Gasteiger partial charge is 0.311 e. The van der Waals surface area contributed by atoms with E-state index >= 15 is 0 Å². The molecule has 1 aromatic heterocycles. The number of hydrogen-bond acceptors (Lipinski definition) is 3. The number of benzene rings is 1. The Morgan fingerprint density at radius 2 is 1.73 bits per heavy atom. The van der Waals surface area contributed by atoms with Gasteiger partial charge in [0, 0.05) is 18.4 Å². The van der Waals surface area contributed by atoms with E-state index in [0.717, 1.165) is 22.4 Å². The molecule has 0 atom stereocenters. The standard InChI is InChI=1S/C20H24N2O3S/c1-6-21(17-7-8-17)20(23)18-14(3)9-10-22(18)26(24,25)19-15(4)11-13(2)12-16(19)5/h6,9-12,17H,1,7-8H2,2-5H3. The normalized spacial score (nSPS) is 14.3. The summed E-state index contributed by atoms with van der Waals surface area (Å²) in [5, 5.41) is 0. The first-order valence-corrected chi connectivity index (χ1v) is 10.1. The van der Waals surface area contributed by atoms with Gasteiger partial charge in [-0.1, -0.05) is 24.3 Å². The van der Waals surface area contributed by atoms with Gasteiger partial charge in [0.1, 0.15) is 5.69 Å². The third kappa shape index (κ3) is 2.98. The van der Waals surface area contributed by atoms with Crippen molar-refractivity contribution in [3.8, 4) is 0 Å². The van der Waals surface area contributed by atoms with Gasteiger partial charge in [-0.2, -0.15) is 0 Å². The van der Waals surface area contributed by atoms with Crippen LogP contribution in [0.5, 0.6) is 0 Å². The number of carbonyl (C=O) groups excluding carboxylic acids is 1. The molecule has 26 heavy (non-hydrogen) atoms. The molecular weight excluding hydrogens is 348 g/mol. The highest BCUT2D eigenvalue weighted by Gasteiger charge is 2.35. The van der Waals surface area contributed by atoms with Crippen molar-refractivity contribution < 1.29 is 13.2 Å². The van der Waals surface area contributed by atoms with Gasteiger partial charge < -0.3 is 4.90 Å². The van der Waals surface area contributed by atoms with Gasteiger partial charge in [-0.3, -0.25) is 4.79 Å². The Labute approximate surface area is 155 Å². The van der Waals surface area contributed by atoms with Gasteiger partial charge >= 0.3 is 0 Å². The van der Waals surface area contributed by atoms with E-state index in [-0.39, 0.29) is 22.5 Å². The Morgan fingerprint density at radius 3 is 2.23 bits per heavy atom. The van der Waals surface area contributed by atoms with Gasteiger partial charge in [0.15, 0.2) is 0 Å². The van der Waals surface area contributed by atoms with Gasteiger partial charge in [0.25, 0.3) is 15.9 Å². The van der Waals surface area contributed by atoms with Crippen LogP contribution in [-0.2, 0) is 10.0 Å². The molecule has 2 aromatic rings. The van der Waals surface area contributed by atoms with Gasteiger partial charge in [-0.25, -0.2) is 12.4 Å². The first kappa shape index (κ1) is 18.5. The lowest BCUT2D eigenvalue weighted by molar-refractivity contribution is 0.0806. The molecule has 6 heteroatoms. The lowest BCUT2D eigenvalue weighted by Gasteiger charge is -2.20. The summed E-state index contributed by atoms with van der Waals surface area (Å²) < 4.78 is 27.9. The maximum Gasteiger partial charge on any atom is 0.276 e. The van der Waals surface area contributed by atoms with Gasteiger partial charge in [-0.15, -0.1) is 0 Å². The second-order valence-electron chi connectivity index (χ2n) is 7.00. The number of rotatable bonds is 5. The van der Waals surface area contributed by atoms with Crippen LogP contribution in [0.3, 0.4) is 0 Å². The average molecular weight is 372 g/mol. The average Bonchev–Trinajstić information content (AvgIpc) is 3.27. The minimum absolute atomic E-state index is 0.119. The summed E-state index contributed by atoms with van der Waals surface area (Å²) in [6.07, 6.45) is 4.79. The van der Waals surface area contributed by atoms with Gasteiger partial charge in [-0.05, 0) is 63.3 Å². The highest BCUT2D eigenvalue weighted by atomic mass is 32.2. The third-order valence-corrected chi connectivity index (χ3v) is 6.73. The minimum atomic E-state index is -3.88. The van der Waals surface area contributed by atoms with Crippen LogP contribution in [0.15, 0.2) is 42.1 Å². The molecule has 138 valence electrons. The molecule has 0 N–H and O–H groups in total. The predicted molar refractivity (Wildman–Crippen MR) is 102 cm³/mol. The lowest BCUT2D eigenvalue weighted by atomic mass is 10.1. The zero-order valence-corrected chi connectivity index (χ0v) is 16.4. The van der Waals surface area contributed by atoms with E-state index in [2.05, 4.69) is 6.58 Å². The van der Waals surface area contributed by atoms with Crippen molar-refractivity contribution in [1.82, 2.24) is 8.87 Å². The molecular formula is C20H24N2O3S. The SMILES string of the molecule is C=CN(C(=O)c1c(C)ccn1S(=O)(=O)c1c(C)cc(C)cc1C)C1CC1. The maximum atomic E-state index is 13.4. The molecule has 1 saturated carbocycles. The number of nitrogens with zero attached hydrogens (tertiary/aromatic N) is 2. The number of aryl methyl sites for hydroxylation is 4. The molecule has 1 heterocycles. The van der Waals surface area contributed by atoms with E-state index < -0.39 is 10.0 Å². The van der Waals surface area contributed by atoms with Crippen molar-refractivity contribution >= 4 is 15.9 Å². The molecule has 0 saturated heterocycles. The Bertz CT molecular complexity index is 975. The fourth-order valence-corrected chi connectivity index (χ4v) is 5.33. The molecule has 1 aliphatic rings. The summed E-state index contributed by atoms with van der Waals surface area (Å²) >= 11 is 0. The molecule has 0 spiro atoms. The number of hydrogen-bond donors (Lipinski definition) is 0. The predicted octanol–water partition coefficient (Wildman–Crippen LogP) is 3.71. The van der Waals surface area contributed by atoms with Crippen LogP contribution in [0.4, 0.5) is 0 Å². The molecule has 5 nitrogen and oxygen atoms in total. The van der Waals surface area contributed by atoms with E-state index in [1.165, 1.54) is 12.4 Å². The molecule has 0 unspecified atom stereocenters. The Balaban J connectivity index is 2.16. The monoisotopic (exact) mass is 372 g/mol. The van der Waals surface area contributed by atoms with Crippen LogP contribution in [0.1, 0.15) is 45.6 Å². The fraction of sp³-hybridized carbons (Fsp3) is 0.350. The second-order valence-corrected chi connectivity index (χ2v) is 8.75. The number of aromatic nitrogens is 1. The maximum absolute atomic E-state index is 13.4.